The van der Waals surface area contributed by atoms with Crippen LogP contribution in [-0.4, -0.2) is 13.1 Å². The van der Waals surface area contributed by atoms with E-state index < -0.39 is 0 Å². The van der Waals surface area contributed by atoms with E-state index in [-0.39, 0.29) is 12.4 Å². The molecule has 0 saturated heterocycles. The number of carbonyl (C=O) groups excluding carboxylic acids is 1. The van der Waals surface area contributed by atoms with Crippen molar-refractivity contribution < 1.29 is 9.53 Å². The fourth-order valence-corrected chi connectivity index (χ4v) is 1.66. The van der Waals surface area contributed by atoms with Crippen LogP contribution in [0.4, 0.5) is 0 Å². The van der Waals surface area contributed by atoms with E-state index in [0.29, 0.717) is 5.56 Å². The molecule has 16 heavy (non-hydrogen) atoms. The van der Waals surface area contributed by atoms with Gasteiger partial charge in [-0.2, -0.15) is 5.26 Å². The first kappa shape index (κ1) is 12.3. The maximum Gasteiger partial charge on any atom is 0.309 e. The Morgan fingerprint density at radius 1 is 1.50 bits per heavy atom. The van der Waals surface area contributed by atoms with Gasteiger partial charge in [0.25, 0.3) is 0 Å². The first-order valence-electron chi connectivity index (χ1n) is 5.21. The molecular weight excluding hydrogens is 202 g/mol. The molecule has 0 radical (unpaired) electrons. The van der Waals surface area contributed by atoms with Crippen LogP contribution in [0.3, 0.4) is 0 Å². The van der Waals surface area contributed by atoms with Crippen LogP contribution >= 0.6 is 0 Å². The summed E-state index contributed by atoms with van der Waals surface area (Å²) in [6.45, 7) is 3.96. The van der Waals surface area contributed by atoms with Crippen LogP contribution in [0.2, 0.25) is 0 Å². The topological polar surface area (TPSA) is 50.1 Å². The standard InChI is InChI=1S/C13H15NO2/c1-4-11-5-10(7-13(15)16-3)6-12(8-14)9(11)2/h5-6H,4,7H2,1-3H3. The highest BCUT2D eigenvalue weighted by Crippen LogP contribution is 2.17. The van der Waals surface area contributed by atoms with Crippen LogP contribution in [0, 0.1) is 18.3 Å². The van der Waals surface area contributed by atoms with Crippen molar-refractivity contribution in [2.75, 3.05) is 7.11 Å². The minimum atomic E-state index is -0.283. The van der Waals surface area contributed by atoms with Gasteiger partial charge in [-0.25, -0.2) is 0 Å². The number of benzene rings is 1. The Morgan fingerprint density at radius 2 is 2.19 bits per heavy atom. The monoisotopic (exact) mass is 217 g/mol. The normalized spacial score (nSPS) is 9.62. The SMILES string of the molecule is CCc1cc(CC(=O)OC)cc(C#N)c1C. The van der Waals surface area contributed by atoms with Gasteiger partial charge in [-0.3, -0.25) is 4.79 Å². The van der Waals surface area contributed by atoms with Gasteiger partial charge in [0, 0.05) is 0 Å². The molecule has 0 aliphatic rings. The molecule has 3 heteroatoms. The van der Waals surface area contributed by atoms with Crippen molar-refractivity contribution in [3.8, 4) is 6.07 Å². The second kappa shape index (κ2) is 5.32. The second-order valence-corrected chi connectivity index (χ2v) is 3.65. The van der Waals surface area contributed by atoms with Crippen molar-refractivity contribution in [2.45, 2.75) is 26.7 Å². The molecule has 0 saturated carbocycles. The Morgan fingerprint density at radius 3 is 2.69 bits per heavy atom. The van der Waals surface area contributed by atoms with Gasteiger partial charge in [-0.05, 0) is 36.1 Å². The quantitative estimate of drug-likeness (QED) is 0.729. The predicted octanol–water partition coefficient (Wildman–Crippen LogP) is 2.14. The lowest BCUT2D eigenvalue weighted by atomic mass is 9.96. The summed E-state index contributed by atoms with van der Waals surface area (Å²) in [5.41, 5.74) is 3.58. The molecule has 0 atom stereocenters. The second-order valence-electron chi connectivity index (χ2n) is 3.65. The van der Waals surface area contributed by atoms with Gasteiger partial charge < -0.3 is 4.74 Å². The van der Waals surface area contributed by atoms with E-state index in [1.165, 1.54) is 7.11 Å². The summed E-state index contributed by atoms with van der Waals surface area (Å²) in [6.07, 6.45) is 1.08. The molecule has 0 aromatic heterocycles. The van der Waals surface area contributed by atoms with E-state index in [1.54, 1.807) is 6.07 Å². The number of methoxy groups -OCH3 is 1. The van der Waals surface area contributed by atoms with Crippen LogP contribution in [0.1, 0.15) is 29.2 Å². The summed E-state index contributed by atoms with van der Waals surface area (Å²) in [7, 11) is 1.36. The molecule has 0 bridgehead atoms. The molecular formula is C13H15NO2. The molecule has 0 spiro atoms. The zero-order valence-corrected chi connectivity index (χ0v) is 9.83. The average Bonchev–Trinajstić information content (AvgIpc) is 2.30. The summed E-state index contributed by atoms with van der Waals surface area (Å²) in [6, 6.07) is 5.87. The zero-order valence-electron chi connectivity index (χ0n) is 9.83. The first-order chi connectivity index (χ1) is 7.62. The smallest absolute Gasteiger partial charge is 0.309 e. The number of rotatable bonds is 3. The number of ether oxygens (including phenoxy) is 1. The molecule has 0 N–H and O–H groups in total. The molecule has 0 heterocycles. The van der Waals surface area contributed by atoms with Gasteiger partial charge in [0.1, 0.15) is 0 Å². The van der Waals surface area contributed by atoms with Gasteiger partial charge in [0.15, 0.2) is 0 Å². The highest BCUT2D eigenvalue weighted by molar-refractivity contribution is 5.72. The van der Waals surface area contributed by atoms with Crippen LogP contribution in [0.5, 0.6) is 0 Å². The first-order valence-corrected chi connectivity index (χ1v) is 5.21. The van der Waals surface area contributed by atoms with Crippen molar-refractivity contribution in [1.29, 1.82) is 5.26 Å². The number of nitriles is 1. The number of carbonyl (C=O) groups is 1. The largest absolute Gasteiger partial charge is 0.469 e. The average molecular weight is 217 g/mol. The van der Waals surface area contributed by atoms with Crippen molar-refractivity contribution in [2.24, 2.45) is 0 Å². The molecule has 0 aliphatic carbocycles. The lowest BCUT2D eigenvalue weighted by Gasteiger charge is -2.08. The summed E-state index contributed by atoms with van der Waals surface area (Å²) in [5.74, 6) is -0.283. The number of hydrogen-bond donors (Lipinski definition) is 0. The molecule has 0 aliphatic heterocycles. The number of esters is 1. The minimum absolute atomic E-state index is 0.221. The van der Waals surface area contributed by atoms with Crippen LogP contribution in [-0.2, 0) is 22.4 Å². The summed E-state index contributed by atoms with van der Waals surface area (Å²) in [5, 5.41) is 8.99. The highest BCUT2D eigenvalue weighted by Gasteiger charge is 2.09. The van der Waals surface area contributed by atoms with E-state index in [1.807, 2.05) is 19.9 Å². The molecule has 1 aromatic rings. The van der Waals surface area contributed by atoms with Gasteiger partial charge in [0.05, 0.1) is 25.2 Å². The van der Waals surface area contributed by atoms with E-state index in [2.05, 4.69) is 10.8 Å². The summed E-state index contributed by atoms with van der Waals surface area (Å²) >= 11 is 0. The summed E-state index contributed by atoms with van der Waals surface area (Å²) < 4.78 is 4.61. The molecule has 1 rings (SSSR count). The third-order valence-corrected chi connectivity index (χ3v) is 2.65. The zero-order chi connectivity index (χ0) is 12.1. The number of hydrogen-bond acceptors (Lipinski definition) is 3. The third-order valence-electron chi connectivity index (χ3n) is 2.65. The minimum Gasteiger partial charge on any atom is -0.469 e. The van der Waals surface area contributed by atoms with Crippen molar-refractivity contribution in [3.05, 3.63) is 34.4 Å². The predicted molar refractivity (Wildman–Crippen MR) is 61.0 cm³/mol. The Balaban J connectivity index is 3.13. The van der Waals surface area contributed by atoms with E-state index >= 15 is 0 Å². The molecule has 1 aromatic carbocycles. The van der Waals surface area contributed by atoms with Gasteiger partial charge in [0.2, 0.25) is 0 Å². The Labute approximate surface area is 95.7 Å². The maximum atomic E-state index is 11.2. The van der Waals surface area contributed by atoms with Crippen molar-refractivity contribution in [3.63, 3.8) is 0 Å². The van der Waals surface area contributed by atoms with Gasteiger partial charge in [-0.15, -0.1) is 0 Å². The Hall–Kier alpha value is -1.82. The Kier molecular flexibility index (Phi) is 4.07. The maximum absolute atomic E-state index is 11.2. The fourth-order valence-electron chi connectivity index (χ4n) is 1.66. The molecule has 0 fully saturated rings. The van der Waals surface area contributed by atoms with Gasteiger partial charge >= 0.3 is 5.97 Å². The molecule has 0 unspecified atom stereocenters. The van der Waals surface area contributed by atoms with Crippen LogP contribution in [0.15, 0.2) is 12.1 Å². The molecule has 84 valence electrons. The number of aryl methyl sites for hydroxylation is 1. The van der Waals surface area contributed by atoms with Crippen molar-refractivity contribution >= 4 is 5.97 Å². The van der Waals surface area contributed by atoms with Crippen LogP contribution < -0.4 is 0 Å². The fraction of sp³-hybridized carbons (Fsp3) is 0.385. The summed E-state index contributed by atoms with van der Waals surface area (Å²) in [4.78, 5) is 11.2. The highest BCUT2D eigenvalue weighted by atomic mass is 16.5. The lowest BCUT2D eigenvalue weighted by molar-refractivity contribution is -0.139. The van der Waals surface area contributed by atoms with Gasteiger partial charge in [-0.1, -0.05) is 13.0 Å². The Bertz CT molecular complexity index is 444. The lowest BCUT2D eigenvalue weighted by Crippen LogP contribution is -2.06. The van der Waals surface area contributed by atoms with E-state index in [9.17, 15) is 4.79 Å². The molecule has 0 amide bonds. The van der Waals surface area contributed by atoms with Crippen molar-refractivity contribution in [1.82, 2.24) is 0 Å². The van der Waals surface area contributed by atoms with Crippen LogP contribution in [0.25, 0.3) is 0 Å². The third kappa shape index (κ3) is 2.60. The number of nitrogens with zero attached hydrogens (tertiary/aromatic N) is 1. The van der Waals surface area contributed by atoms with E-state index in [4.69, 9.17) is 5.26 Å². The molecule has 3 nitrogen and oxygen atoms in total. The van der Waals surface area contributed by atoms with E-state index in [0.717, 1.165) is 23.1 Å².